The zero-order valence-corrected chi connectivity index (χ0v) is 17.4. The zero-order chi connectivity index (χ0) is 18.9. The van der Waals surface area contributed by atoms with Gasteiger partial charge in [-0.1, -0.05) is 43.1 Å². The highest BCUT2D eigenvalue weighted by atomic mass is 35.5. The summed E-state index contributed by atoms with van der Waals surface area (Å²) in [5.74, 6) is 0.490. The van der Waals surface area contributed by atoms with Gasteiger partial charge in [0, 0.05) is 34.6 Å². The monoisotopic (exact) mass is 388 g/mol. The van der Waals surface area contributed by atoms with Crippen molar-refractivity contribution in [1.82, 2.24) is 0 Å². The summed E-state index contributed by atoms with van der Waals surface area (Å²) in [5.41, 5.74) is 4.54. The van der Waals surface area contributed by atoms with Crippen molar-refractivity contribution in [3.8, 4) is 0 Å². The van der Waals surface area contributed by atoms with Crippen LogP contribution in [0.2, 0.25) is 10.0 Å². The number of rotatable bonds is 4. The van der Waals surface area contributed by atoms with Gasteiger partial charge in [0.25, 0.3) is 0 Å². The van der Waals surface area contributed by atoms with Crippen molar-refractivity contribution in [2.75, 3.05) is 11.4 Å². The van der Waals surface area contributed by atoms with Gasteiger partial charge in [-0.15, -0.1) is 0 Å². The molecule has 0 spiro atoms. The van der Waals surface area contributed by atoms with Gasteiger partial charge in [0.05, 0.1) is 10.7 Å². The molecule has 0 bridgehead atoms. The Morgan fingerprint density at radius 3 is 2.69 bits per heavy atom. The summed E-state index contributed by atoms with van der Waals surface area (Å²) in [6.07, 6.45) is 4.09. The van der Waals surface area contributed by atoms with Crippen molar-refractivity contribution in [2.45, 2.75) is 52.0 Å². The van der Waals surface area contributed by atoms with Crippen LogP contribution in [0.25, 0.3) is 0 Å². The number of anilines is 1. The maximum absolute atomic E-state index is 6.62. The fourth-order valence-electron chi connectivity index (χ4n) is 3.97. The van der Waals surface area contributed by atoms with Gasteiger partial charge >= 0.3 is 0 Å². The molecule has 0 aromatic heterocycles. The van der Waals surface area contributed by atoms with E-state index >= 15 is 0 Å². The fraction of sp³-hybridized carbons (Fsp3) is 0.409. The second-order valence-electron chi connectivity index (χ2n) is 7.74. The molecule has 0 saturated carbocycles. The second kappa shape index (κ2) is 7.62. The molecule has 2 aromatic rings. The minimum Gasteiger partial charge on any atom is -0.366 e. The molecule has 138 valence electrons. The molecule has 0 aliphatic carbocycles. The molecule has 3 rings (SSSR count). The Morgan fingerprint density at radius 1 is 1.23 bits per heavy atom. The van der Waals surface area contributed by atoms with Crippen molar-refractivity contribution in [3.63, 3.8) is 0 Å². The predicted molar refractivity (Wildman–Crippen MR) is 115 cm³/mol. The Kier molecular flexibility index (Phi) is 5.64. The molecule has 2 aromatic carbocycles. The van der Waals surface area contributed by atoms with E-state index in [0.717, 1.165) is 35.7 Å². The van der Waals surface area contributed by atoms with Crippen LogP contribution in [-0.2, 0) is 0 Å². The molecule has 1 unspecified atom stereocenters. The standard InChI is InChI=1S/C22H26Cl2N2/c1-5-9-26-21-12-20(24)16(10-19(21)15(2)13-22(26,3)4)14-25-18-8-6-7-17(23)11-18/h6-8,10-12,14-15H,5,9,13H2,1-4H3. The summed E-state index contributed by atoms with van der Waals surface area (Å²) < 4.78 is 0. The van der Waals surface area contributed by atoms with Crippen LogP contribution in [0, 0.1) is 0 Å². The van der Waals surface area contributed by atoms with E-state index in [0.29, 0.717) is 10.9 Å². The minimum atomic E-state index is 0.141. The third-order valence-electron chi connectivity index (χ3n) is 5.11. The topological polar surface area (TPSA) is 15.6 Å². The molecule has 2 nitrogen and oxygen atoms in total. The molecule has 0 N–H and O–H groups in total. The Morgan fingerprint density at radius 2 is 2.00 bits per heavy atom. The summed E-state index contributed by atoms with van der Waals surface area (Å²) in [7, 11) is 0. The zero-order valence-electron chi connectivity index (χ0n) is 15.9. The average molecular weight is 389 g/mol. The molecular weight excluding hydrogens is 363 g/mol. The highest BCUT2D eigenvalue weighted by Gasteiger charge is 2.36. The summed E-state index contributed by atoms with van der Waals surface area (Å²) in [5, 5.41) is 1.42. The summed E-state index contributed by atoms with van der Waals surface area (Å²) >= 11 is 12.7. The van der Waals surface area contributed by atoms with E-state index in [1.54, 1.807) is 0 Å². The van der Waals surface area contributed by atoms with E-state index in [9.17, 15) is 0 Å². The van der Waals surface area contributed by atoms with E-state index in [4.69, 9.17) is 23.2 Å². The first-order valence-corrected chi connectivity index (χ1v) is 9.98. The maximum Gasteiger partial charge on any atom is 0.0644 e. The Bertz CT molecular complexity index is 827. The third kappa shape index (κ3) is 3.92. The molecule has 1 atom stereocenters. The Labute approximate surface area is 166 Å². The Balaban J connectivity index is 2.00. The van der Waals surface area contributed by atoms with Gasteiger partial charge in [-0.2, -0.15) is 0 Å². The van der Waals surface area contributed by atoms with Gasteiger partial charge < -0.3 is 4.90 Å². The molecule has 0 amide bonds. The number of aliphatic imine (C=N–C) groups is 1. The summed E-state index contributed by atoms with van der Waals surface area (Å²) in [6, 6.07) is 11.8. The van der Waals surface area contributed by atoms with Gasteiger partial charge in [0.15, 0.2) is 0 Å². The van der Waals surface area contributed by atoms with Crippen LogP contribution in [0.1, 0.15) is 57.6 Å². The normalized spacial score (nSPS) is 19.0. The van der Waals surface area contributed by atoms with Crippen molar-refractivity contribution in [2.24, 2.45) is 4.99 Å². The molecule has 1 aliphatic rings. The van der Waals surface area contributed by atoms with Gasteiger partial charge in [-0.25, -0.2) is 0 Å². The van der Waals surface area contributed by atoms with Crippen LogP contribution < -0.4 is 4.90 Å². The fourth-order valence-corrected chi connectivity index (χ4v) is 4.36. The minimum absolute atomic E-state index is 0.141. The van der Waals surface area contributed by atoms with Crippen LogP contribution in [0.3, 0.4) is 0 Å². The number of fused-ring (bicyclic) bond motifs is 1. The molecule has 1 aliphatic heterocycles. The van der Waals surface area contributed by atoms with E-state index < -0.39 is 0 Å². The van der Waals surface area contributed by atoms with Crippen molar-refractivity contribution in [1.29, 1.82) is 0 Å². The quantitative estimate of drug-likeness (QED) is 0.503. The van der Waals surface area contributed by atoms with E-state index in [1.807, 2.05) is 30.5 Å². The van der Waals surface area contributed by atoms with Crippen LogP contribution in [0.5, 0.6) is 0 Å². The summed E-state index contributed by atoms with van der Waals surface area (Å²) in [6.45, 7) is 10.2. The first-order chi connectivity index (χ1) is 12.3. The maximum atomic E-state index is 6.62. The lowest BCUT2D eigenvalue weighted by atomic mass is 9.79. The number of hydrogen-bond acceptors (Lipinski definition) is 2. The van der Waals surface area contributed by atoms with Crippen molar-refractivity contribution >= 4 is 40.8 Å². The number of hydrogen-bond donors (Lipinski definition) is 0. The number of halogens is 2. The molecule has 4 heteroatoms. The van der Waals surface area contributed by atoms with E-state index in [2.05, 4.69) is 49.7 Å². The first-order valence-electron chi connectivity index (χ1n) is 9.22. The predicted octanol–water partition coefficient (Wildman–Crippen LogP) is 7.25. The van der Waals surface area contributed by atoms with Crippen LogP contribution in [0.15, 0.2) is 41.4 Å². The molecule has 0 radical (unpaired) electrons. The van der Waals surface area contributed by atoms with E-state index in [1.165, 1.54) is 11.3 Å². The molecule has 26 heavy (non-hydrogen) atoms. The molecular formula is C22H26Cl2N2. The number of benzene rings is 2. The second-order valence-corrected chi connectivity index (χ2v) is 8.58. The Hall–Kier alpha value is -1.51. The van der Waals surface area contributed by atoms with Gasteiger partial charge in [0.2, 0.25) is 0 Å². The van der Waals surface area contributed by atoms with Crippen LogP contribution >= 0.6 is 23.2 Å². The van der Waals surface area contributed by atoms with E-state index in [-0.39, 0.29) is 5.54 Å². The summed E-state index contributed by atoms with van der Waals surface area (Å²) in [4.78, 5) is 7.05. The highest BCUT2D eigenvalue weighted by Crippen LogP contribution is 2.45. The van der Waals surface area contributed by atoms with Crippen molar-refractivity contribution in [3.05, 3.63) is 57.6 Å². The lowest BCUT2D eigenvalue weighted by molar-refractivity contribution is 0.376. The highest BCUT2D eigenvalue weighted by molar-refractivity contribution is 6.33. The smallest absolute Gasteiger partial charge is 0.0644 e. The van der Waals surface area contributed by atoms with Crippen LogP contribution in [0.4, 0.5) is 11.4 Å². The first kappa shape index (κ1) is 19.3. The number of nitrogens with zero attached hydrogens (tertiary/aromatic N) is 2. The third-order valence-corrected chi connectivity index (χ3v) is 5.67. The SMILES string of the molecule is CCCN1c2cc(Cl)c(C=Nc3cccc(Cl)c3)cc2C(C)CC1(C)C. The lowest BCUT2D eigenvalue weighted by Crippen LogP contribution is -2.48. The lowest BCUT2D eigenvalue weighted by Gasteiger charge is -2.47. The molecule has 1 heterocycles. The molecule has 0 saturated heterocycles. The van der Waals surface area contributed by atoms with Gasteiger partial charge in [-0.3, -0.25) is 4.99 Å². The largest absolute Gasteiger partial charge is 0.366 e. The average Bonchev–Trinajstić information content (AvgIpc) is 2.57. The van der Waals surface area contributed by atoms with Crippen LogP contribution in [-0.4, -0.2) is 18.3 Å². The van der Waals surface area contributed by atoms with Gasteiger partial charge in [0.1, 0.15) is 0 Å². The van der Waals surface area contributed by atoms with Gasteiger partial charge in [-0.05, 0) is 68.5 Å². The van der Waals surface area contributed by atoms with Crippen molar-refractivity contribution < 1.29 is 0 Å². The molecule has 0 fully saturated rings.